The molecule has 0 N–H and O–H groups in total. The van der Waals surface area contributed by atoms with Crippen molar-refractivity contribution in [1.82, 2.24) is 0 Å². The van der Waals surface area contributed by atoms with Crippen LogP contribution in [0, 0.1) is 5.92 Å². The summed E-state index contributed by atoms with van der Waals surface area (Å²) in [6.07, 6.45) is 0.00815. The standard InChI is InChI=1S/C19H14Cl3NO4/c20-13-3-1-11(2-4-13)17(24)10-27-19(26)12-7-18(25)23(9-12)14-5-6-15(21)16(22)8-14/h1-6,8,12H,7,9-10H2/t12-/m1/s1. The molecular formula is C19H14Cl3NO4. The largest absolute Gasteiger partial charge is 0.457 e. The summed E-state index contributed by atoms with van der Waals surface area (Å²) in [5.74, 6) is -1.80. The summed E-state index contributed by atoms with van der Waals surface area (Å²) in [5.41, 5.74) is 0.953. The van der Waals surface area contributed by atoms with Gasteiger partial charge in [-0.2, -0.15) is 0 Å². The second-order valence-corrected chi connectivity index (χ2v) is 7.29. The van der Waals surface area contributed by atoms with Crippen LogP contribution in [0.2, 0.25) is 15.1 Å². The van der Waals surface area contributed by atoms with E-state index < -0.39 is 18.5 Å². The SMILES string of the molecule is O=C(COC(=O)[C@@H]1CC(=O)N(c2ccc(Cl)c(Cl)c2)C1)c1ccc(Cl)cc1. The molecule has 1 amide bonds. The number of amides is 1. The Balaban J connectivity index is 1.59. The van der Waals surface area contributed by atoms with Crippen LogP contribution >= 0.6 is 34.8 Å². The van der Waals surface area contributed by atoms with Crippen molar-refractivity contribution in [2.45, 2.75) is 6.42 Å². The summed E-state index contributed by atoms with van der Waals surface area (Å²) >= 11 is 17.6. The van der Waals surface area contributed by atoms with Crippen LogP contribution in [0.3, 0.4) is 0 Å². The zero-order chi connectivity index (χ0) is 19.6. The number of halogens is 3. The minimum Gasteiger partial charge on any atom is -0.457 e. The van der Waals surface area contributed by atoms with Crippen molar-refractivity contribution in [2.24, 2.45) is 5.92 Å². The van der Waals surface area contributed by atoms with Crippen molar-refractivity contribution in [3.8, 4) is 0 Å². The van der Waals surface area contributed by atoms with Crippen LogP contribution in [0.5, 0.6) is 0 Å². The molecule has 27 heavy (non-hydrogen) atoms. The molecule has 0 saturated carbocycles. The molecule has 0 bridgehead atoms. The van der Waals surface area contributed by atoms with E-state index in [0.717, 1.165) is 0 Å². The molecule has 5 nitrogen and oxygen atoms in total. The lowest BCUT2D eigenvalue weighted by Gasteiger charge is -2.17. The average molecular weight is 427 g/mol. The molecule has 1 aliphatic rings. The lowest BCUT2D eigenvalue weighted by atomic mass is 10.1. The van der Waals surface area contributed by atoms with E-state index in [4.69, 9.17) is 39.5 Å². The monoisotopic (exact) mass is 425 g/mol. The second kappa shape index (κ2) is 8.30. The maximum atomic E-state index is 12.3. The average Bonchev–Trinajstić information content (AvgIpc) is 3.04. The Morgan fingerprint density at radius 2 is 1.74 bits per heavy atom. The molecule has 2 aromatic carbocycles. The highest BCUT2D eigenvalue weighted by atomic mass is 35.5. The van der Waals surface area contributed by atoms with Gasteiger partial charge in [0.2, 0.25) is 5.91 Å². The van der Waals surface area contributed by atoms with Gasteiger partial charge in [-0.15, -0.1) is 0 Å². The molecule has 3 rings (SSSR count). The third kappa shape index (κ3) is 4.61. The zero-order valence-electron chi connectivity index (χ0n) is 14.0. The molecule has 1 heterocycles. The second-order valence-electron chi connectivity index (χ2n) is 6.04. The number of hydrogen-bond donors (Lipinski definition) is 0. The van der Waals surface area contributed by atoms with Crippen LogP contribution in [-0.4, -0.2) is 30.8 Å². The van der Waals surface area contributed by atoms with Gasteiger partial charge in [-0.05, 0) is 42.5 Å². The first-order valence-corrected chi connectivity index (χ1v) is 9.19. The topological polar surface area (TPSA) is 63.7 Å². The van der Waals surface area contributed by atoms with E-state index in [9.17, 15) is 14.4 Å². The van der Waals surface area contributed by atoms with E-state index in [2.05, 4.69) is 0 Å². The molecule has 8 heteroatoms. The van der Waals surface area contributed by atoms with Crippen molar-refractivity contribution in [3.63, 3.8) is 0 Å². The summed E-state index contributed by atoms with van der Waals surface area (Å²) in [6.45, 7) is -0.233. The molecule has 0 spiro atoms. The Kier molecular flexibility index (Phi) is 6.05. The van der Waals surface area contributed by atoms with Crippen molar-refractivity contribution in [1.29, 1.82) is 0 Å². The molecule has 0 aromatic heterocycles. The Hall–Kier alpha value is -2.08. The van der Waals surface area contributed by atoms with Gasteiger partial charge < -0.3 is 9.64 Å². The van der Waals surface area contributed by atoms with Crippen LogP contribution < -0.4 is 4.90 Å². The van der Waals surface area contributed by atoms with Crippen molar-refractivity contribution < 1.29 is 19.1 Å². The number of carbonyl (C=O) groups excluding carboxylic acids is 3. The number of hydrogen-bond acceptors (Lipinski definition) is 4. The molecule has 0 aliphatic carbocycles. The van der Waals surface area contributed by atoms with E-state index in [0.29, 0.717) is 26.3 Å². The number of rotatable bonds is 5. The molecule has 1 atom stereocenters. The first kappa shape index (κ1) is 19.7. The normalized spacial score (nSPS) is 16.5. The first-order valence-electron chi connectivity index (χ1n) is 8.06. The van der Waals surface area contributed by atoms with Crippen molar-refractivity contribution >= 4 is 58.1 Å². The minimum absolute atomic E-state index is 0.00815. The molecule has 0 radical (unpaired) electrons. The third-order valence-corrected chi connectivity index (χ3v) is 5.18. The van der Waals surface area contributed by atoms with Crippen molar-refractivity contribution in [3.05, 3.63) is 63.1 Å². The van der Waals surface area contributed by atoms with Gasteiger partial charge in [0.15, 0.2) is 12.4 Å². The van der Waals surface area contributed by atoms with Crippen LogP contribution in [0.15, 0.2) is 42.5 Å². The molecule has 140 valence electrons. The summed E-state index contributed by atoms with van der Waals surface area (Å²) < 4.78 is 5.10. The molecule has 1 aliphatic heterocycles. The Morgan fingerprint density at radius 3 is 2.41 bits per heavy atom. The number of Topliss-reactive ketones (excluding diaryl/α,β-unsaturated/α-hetero) is 1. The highest BCUT2D eigenvalue weighted by Gasteiger charge is 2.36. The zero-order valence-corrected chi connectivity index (χ0v) is 16.2. The highest BCUT2D eigenvalue weighted by Crippen LogP contribution is 2.31. The first-order chi connectivity index (χ1) is 12.8. The minimum atomic E-state index is -0.648. The van der Waals surface area contributed by atoms with E-state index in [1.807, 2.05) is 0 Å². The van der Waals surface area contributed by atoms with Crippen LogP contribution in [0.4, 0.5) is 5.69 Å². The fraction of sp³-hybridized carbons (Fsp3) is 0.211. The fourth-order valence-corrected chi connectivity index (χ4v) is 3.16. The van der Waals surface area contributed by atoms with Crippen LogP contribution in [0.1, 0.15) is 16.8 Å². The number of anilines is 1. The number of ether oxygens (including phenoxy) is 1. The van der Waals surface area contributed by atoms with Gasteiger partial charge in [-0.3, -0.25) is 14.4 Å². The van der Waals surface area contributed by atoms with Gasteiger partial charge in [-0.1, -0.05) is 34.8 Å². The number of carbonyl (C=O) groups is 3. The summed E-state index contributed by atoms with van der Waals surface area (Å²) in [5, 5.41) is 1.21. The number of nitrogens with zero attached hydrogens (tertiary/aromatic N) is 1. The molecule has 1 saturated heterocycles. The number of benzene rings is 2. The van der Waals surface area contributed by atoms with Crippen LogP contribution in [-0.2, 0) is 14.3 Å². The lowest BCUT2D eigenvalue weighted by Crippen LogP contribution is -2.27. The van der Waals surface area contributed by atoms with E-state index >= 15 is 0 Å². The Morgan fingerprint density at radius 1 is 1.04 bits per heavy atom. The summed E-state index contributed by atoms with van der Waals surface area (Å²) in [7, 11) is 0. The summed E-state index contributed by atoms with van der Waals surface area (Å²) in [4.78, 5) is 38.0. The highest BCUT2D eigenvalue weighted by molar-refractivity contribution is 6.42. The maximum absolute atomic E-state index is 12.3. The van der Waals surface area contributed by atoms with Crippen molar-refractivity contribution in [2.75, 3.05) is 18.1 Å². The van der Waals surface area contributed by atoms with Crippen LogP contribution in [0.25, 0.3) is 0 Å². The van der Waals surface area contributed by atoms with Gasteiger partial charge in [0.05, 0.1) is 16.0 Å². The predicted molar refractivity (Wildman–Crippen MR) is 104 cm³/mol. The number of ketones is 1. The number of esters is 1. The van der Waals surface area contributed by atoms with Gasteiger partial charge >= 0.3 is 5.97 Å². The molecule has 0 unspecified atom stereocenters. The Bertz CT molecular complexity index is 898. The maximum Gasteiger partial charge on any atom is 0.311 e. The quantitative estimate of drug-likeness (QED) is 0.524. The smallest absolute Gasteiger partial charge is 0.311 e. The fourth-order valence-electron chi connectivity index (χ4n) is 2.74. The third-order valence-electron chi connectivity index (χ3n) is 4.18. The van der Waals surface area contributed by atoms with E-state index in [-0.39, 0.29) is 24.7 Å². The van der Waals surface area contributed by atoms with Gasteiger partial charge in [0.1, 0.15) is 0 Å². The summed E-state index contributed by atoms with van der Waals surface area (Å²) in [6, 6.07) is 11.1. The van der Waals surface area contributed by atoms with E-state index in [1.54, 1.807) is 42.5 Å². The predicted octanol–water partition coefficient (Wildman–Crippen LogP) is 4.43. The lowest BCUT2D eigenvalue weighted by molar-refractivity contribution is -0.147. The molecular weight excluding hydrogens is 413 g/mol. The van der Waals surface area contributed by atoms with Gasteiger partial charge in [0, 0.05) is 29.2 Å². The van der Waals surface area contributed by atoms with Gasteiger partial charge in [0.25, 0.3) is 0 Å². The molecule has 1 fully saturated rings. The molecule has 2 aromatic rings. The van der Waals surface area contributed by atoms with Gasteiger partial charge in [-0.25, -0.2) is 0 Å². The Labute approximate surface area is 170 Å². The van der Waals surface area contributed by atoms with E-state index in [1.165, 1.54) is 4.90 Å².